The number of hydrogen-bond donors (Lipinski definition) is 2. The van der Waals surface area contributed by atoms with E-state index in [0.717, 1.165) is 41.6 Å². The third-order valence-electron chi connectivity index (χ3n) is 4.96. The van der Waals surface area contributed by atoms with Crippen LogP contribution in [-0.2, 0) is 17.6 Å². The summed E-state index contributed by atoms with van der Waals surface area (Å²) in [5.41, 5.74) is 3.48. The zero-order valence-electron chi connectivity index (χ0n) is 16.4. The number of thiophene rings is 1. The second-order valence-corrected chi connectivity index (χ2v) is 9.23. The lowest BCUT2D eigenvalue weighted by molar-refractivity contribution is -0.113. The maximum Gasteiger partial charge on any atom is 0.235 e. The van der Waals surface area contributed by atoms with Gasteiger partial charge in [-0.2, -0.15) is 5.26 Å². The second kappa shape index (κ2) is 8.47. The summed E-state index contributed by atoms with van der Waals surface area (Å²) >= 11 is 2.89. The highest BCUT2D eigenvalue weighted by molar-refractivity contribution is 7.99. The van der Waals surface area contributed by atoms with E-state index in [1.807, 2.05) is 25.1 Å². The van der Waals surface area contributed by atoms with Crippen LogP contribution < -0.4 is 10.1 Å². The number of nitrogens with zero attached hydrogens (tertiary/aromatic N) is 2. The lowest BCUT2D eigenvalue weighted by Crippen LogP contribution is -2.14. The number of aromatic amines is 1. The first-order valence-electron chi connectivity index (χ1n) is 9.67. The Balaban J connectivity index is 1.42. The van der Waals surface area contributed by atoms with Gasteiger partial charge in [-0.1, -0.05) is 18.7 Å². The molecule has 2 N–H and O–H groups in total. The molecule has 1 aliphatic carbocycles. The highest BCUT2D eigenvalue weighted by atomic mass is 32.2. The van der Waals surface area contributed by atoms with E-state index in [1.165, 1.54) is 16.6 Å². The number of nitriles is 1. The van der Waals surface area contributed by atoms with E-state index in [2.05, 4.69) is 28.3 Å². The lowest BCUT2D eigenvalue weighted by Gasteiger charge is -2.17. The van der Waals surface area contributed by atoms with E-state index < -0.39 is 0 Å². The first-order chi connectivity index (χ1) is 14.1. The molecule has 0 saturated heterocycles. The lowest BCUT2D eigenvalue weighted by atomic mass is 9.89. The summed E-state index contributed by atoms with van der Waals surface area (Å²) in [5, 5.41) is 13.9. The van der Waals surface area contributed by atoms with Gasteiger partial charge in [0.25, 0.3) is 0 Å². The van der Waals surface area contributed by atoms with E-state index >= 15 is 0 Å². The average Bonchev–Trinajstić information content (AvgIpc) is 3.25. The predicted molar refractivity (Wildman–Crippen MR) is 117 cm³/mol. The molecule has 1 aromatic carbocycles. The smallest absolute Gasteiger partial charge is 0.235 e. The fourth-order valence-electron chi connectivity index (χ4n) is 3.54. The molecular weight excluding hydrogens is 404 g/mol. The summed E-state index contributed by atoms with van der Waals surface area (Å²) in [4.78, 5) is 21.5. The highest BCUT2D eigenvalue weighted by Gasteiger charge is 2.24. The summed E-state index contributed by atoms with van der Waals surface area (Å²) in [5.74, 6) is 1.51. The number of ether oxygens (including phenoxy) is 1. The molecular formula is C21H22N4O2S2. The van der Waals surface area contributed by atoms with Crippen molar-refractivity contribution < 1.29 is 9.53 Å². The molecule has 0 radical (unpaired) electrons. The summed E-state index contributed by atoms with van der Waals surface area (Å²) in [7, 11) is 0. The summed E-state index contributed by atoms with van der Waals surface area (Å²) in [6, 6.07) is 7.98. The molecule has 3 aromatic rings. The molecule has 29 heavy (non-hydrogen) atoms. The fourth-order valence-corrected chi connectivity index (χ4v) is 5.61. The normalized spacial score (nSPS) is 15.7. The molecule has 0 unspecified atom stereocenters. The minimum atomic E-state index is -0.131. The Morgan fingerprint density at radius 3 is 3.17 bits per heavy atom. The maximum absolute atomic E-state index is 12.5. The molecule has 2 aromatic heterocycles. The third kappa shape index (κ3) is 4.26. The van der Waals surface area contributed by atoms with Crippen LogP contribution in [0.4, 0.5) is 5.00 Å². The van der Waals surface area contributed by atoms with Crippen LogP contribution in [0, 0.1) is 17.2 Å². The SMILES string of the molecule is CCOc1ccc2nc(SCC(=O)Nc3sc4c(c3C#N)CC[C@H](C)C4)[nH]c2c1. The van der Waals surface area contributed by atoms with Crippen LogP contribution in [0.1, 0.15) is 36.3 Å². The third-order valence-corrected chi connectivity index (χ3v) is 7.00. The van der Waals surface area contributed by atoms with E-state index in [4.69, 9.17) is 4.74 Å². The molecule has 1 atom stereocenters. The van der Waals surface area contributed by atoms with Gasteiger partial charge < -0.3 is 15.0 Å². The minimum absolute atomic E-state index is 0.131. The zero-order valence-corrected chi connectivity index (χ0v) is 18.0. The van der Waals surface area contributed by atoms with Crippen LogP contribution in [0.3, 0.4) is 0 Å². The summed E-state index contributed by atoms with van der Waals surface area (Å²) in [6.07, 6.45) is 3.00. The Morgan fingerprint density at radius 1 is 1.52 bits per heavy atom. The molecule has 0 saturated carbocycles. The van der Waals surface area contributed by atoms with Gasteiger partial charge in [-0.25, -0.2) is 4.98 Å². The molecule has 4 rings (SSSR count). The van der Waals surface area contributed by atoms with Crippen molar-refractivity contribution in [3.8, 4) is 11.8 Å². The Hall–Kier alpha value is -2.50. The van der Waals surface area contributed by atoms with Gasteiger partial charge in [0.05, 0.1) is 29.0 Å². The van der Waals surface area contributed by atoms with E-state index in [0.29, 0.717) is 28.2 Å². The Kier molecular flexibility index (Phi) is 5.79. The van der Waals surface area contributed by atoms with Gasteiger partial charge in [0.1, 0.15) is 16.8 Å². The maximum atomic E-state index is 12.5. The number of thioether (sulfide) groups is 1. The first kappa shape index (κ1) is 19.8. The van der Waals surface area contributed by atoms with Crippen molar-refractivity contribution in [2.45, 2.75) is 38.3 Å². The quantitative estimate of drug-likeness (QED) is 0.555. The molecule has 0 spiro atoms. The number of rotatable bonds is 6. The van der Waals surface area contributed by atoms with Gasteiger partial charge in [0.15, 0.2) is 5.16 Å². The number of aromatic nitrogens is 2. The van der Waals surface area contributed by atoms with Crippen LogP contribution in [0.2, 0.25) is 0 Å². The number of amides is 1. The number of hydrogen-bond acceptors (Lipinski definition) is 6. The van der Waals surface area contributed by atoms with Crippen molar-refractivity contribution >= 4 is 45.0 Å². The number of carbonyl (C=O) groups excluding carboxylic acids is 1. The minimum Gasteiger partial charge on any atom is -0.494 e. The van der Waals surface area contributed by atoms with Gasteiger partial charge in [-0.05, 0) is 49.8 Å². The van der Waals surface area contributed by atoms with Gasteiger partial charge >= 0.3 is 0 Å². The van der Waals surface area contributed by atoms with Gasteiger partial charge in [-0.15, -0.1) is 11.3 Å². The number of carbonyl (C=O) groups is 1. The van der Waals surface area contributed by atoms with Crippen molar-refractivity contribution in [2.24, 2.45) is 5.92 Å². The molecule has 150 valence electrons. The molecule has 1 amide bonds. The van der Waals surface area contributed by atoms with Crippen LogP contribution >= 0.6 is 23.1 Å². The summed E-state index contributed by atoms with van der Waals surface area (Å²) < 4.78 is 5.51. The largest absolute Gasteiger partial charge is 0.494 e. The number of H-pyrrole nitrogens is 1. The predicted octanol–water partition coefficient (Wildman–Crippen LogP) is 4.75. The fraction of sp³-hybridized carbons (Fsp3) is 0.381. The number of imidazole rings is 1. The van der Waals surface area contributed by atoms with Crippen LogP contribution in [0.25, 0.3) is 11.0 Å². The standard InChI is InChI=1S/C21H22N4O2S2/c1-3-27-13-5-7-16-17(9-13)24-21(23-16)28-11-19(26)25-20-15(10-22)14-6-4-12(2)8-18(14)29-20/h5,7,9,12H,3-4,6,8,11H2,1-2H3,(H,23,24)(H,25,26)/t12-/m0/s1. The number of nitrogens with one attached hydrogen (secondary N) is 2. The number of fused-ring (bicyclic) bond motifs is 2. The monoisotopic (exact) mass is 426 g/mol. The van der Waals surface area contributed by atoms with E-state index in [1.54, 1.807) is 11.3 Å². The molecule has 6 nitrogen and oxygen atoms in total. The van der Waals surface area contributed by atoms with Crippen molar-refractivity contribution in [3.63, 3.8) is 0 Å². The Labute approximate surface area is 177 Å². The molecule has 0 fully saturated rings. The Bertz CT molecular complexity index is 1100. The Morgan fingerprint density at radius 2 is 2.38 bits per heavy atom. The van der Waals surface area contributed by atoms with Gasteiger partial charge in [0.2, 0.25) is 5.91 Å². The first-order valence-corrected chi connectivity index (χ1v) is 11.5. The molecule has 2 heterocycles. The topological polar surface area (TPSA) is 90.8 Å². The zero-order chi connectivity index (χ0) is 20.4. The van der Waals surface area contributed by atoms with Crippen molar-refractivity contribution in [3.05, 3.63) is 34.2 Å². The van der Waals surface area contributed by atoms with E-state index in [-0.39, 0.29) is 11.7 Å². The highest BCUT2D eigenvalue weighted by Crippen LogP contribution is 2.39. The molecule has 8 heteroatoms. The van der Waals surface area contributed by atoms with Gasteiger partial charge in [0, 0.05) is 10.9 Å². The summed E-state index contributed by atoms with van der Waals surface area (Å²) in [6.45, 7) is 4.78. The van der Waals surface area contributed by atoms with Gasteiger partial charge in [-0.3, -0.25) is 4.79 Å². The molecule has 0 bridgehead atoms. The number of anilines is 1. The van der Waals surface area contributed by atoms with Crippen molar-refractivity contribution in [1.29, 1.82) is 5.26 Å². The van der Waals surface area contributed by atoms with Crippen LogP contribution in [-0.4, -0.2) is 28.2 Å². The van der Waals surface area contributed by atoms with Crippen molar-refractivity contribution in [1.82, 2.24) is 9.97 Å². The van der Waals surface area contributed by atoms with E-state index in [9.17, 15) is 10.1 Å². The molecule has 1 aliphatic rings. The molecule has 0 aliphatic heterocycles. The van der Waals surface area contributed by atoms with Crippen LogP contribution in [0.15, 0.2) is 23.4 Å². The van der Waals surface area contributed by atoms with Crippen molar-refractivity contribution in [2.75, 3.05) is 17.7 Å². The average molecular weight is 427 g/mol. The second-order valence-electron chi connectivity index (χ2n) is 7.16. The van der Waals surface area contributed by atoms with Crippen LogP contribution in [0.5, 0.6) is 5.75 Å². The number of benzene rings is 1.